The van der Waals surface area contributed by atoms with Crippen LogP contribution in [0.1, 0.15) is 49.7 Å². The molecule has 0 bridgehead atoms. The lowest BCUT2D eigenvalue weighted by atomic mass is 10.00. The Kier molecular flexibility index (Phi) is 7.29. The van der Waals surface area contributed by atoms with Gasteiger partial charge in [-0.3, -0.25) is 4.72 Å². The van der Waals surface area contributed by atoms with Gasteiger partial charge in [-0.15, -0.1) is 11.6 Å². The summed E-state index contributed by atoms with van der Waals surface area (Å²) in [6.45, 7) is 1.71. The van der Waals surface area contributed by atoms with Crippen molar-refractivity contribution in [3.05, 3.63) is 59.7 Å². The molecule has 4 N–H and O–H groups in total. The first-order valence-corrected chi connectivity index (χ1v) is 13.5. The minimum absolute atomic E-state index is 0.0524. The highest BCUT2D eigenvalue weighted by atomic mass is 35.5. The Bertz CT molecular complexity index is 1120. The van der Waals surface area contributed by atoms with E-state index in [1.807, 2.05) is 36.4 Å². The number of nitrogens with one attached hydrogen (secondary N) is 2. The third-order valence-corrected chi connectivity index (χ3v) is 8.73. The zero-order valence-corrected chi connectivity index (χ0v) is 20.2. The summed E-state index contributed by atoms with van der Waals surface area (Å²) >= 11 is 6.18. The molecule has 6 nitrogen and oxygen atoms in total. The summed E-state index contributed by atoms with van der Waals surface area (Å²) in [5.74, 6) is 0. The number of sulfonamides is 1. The van der Waals surface area contributed by atoms with Gasteiger partial charge in [0, 0.05) is 29.7 Å². The van der Waals surface area contributed by atoms with E-state index in [4.69, 9.17) is 22.7 Å². The molecule has 0 amide bonds. The SMILES string of the molecule is N=C(/C=C/c1ccccc1)c1cc(NS(=O)(=O)C2CCC(Cl)CC2)c(N2CCCC2)cc1N. The van der Waals surface area contributed by atoms with Gasteiger partial charge in [-0.1, -0.05) is 36.4 Å². The molecule has 0 atom stereocenters. The van der Waals surface area contributed by atoms with Crippen LogP contribution in [0.15, 0.2) is 48.5 Å². The first kappa shape index (κ1) is 23.6. The molecule has 1 heterocycles. The summed E-state index contributed by atoms with van der Waals surface area (Å²) in [7, 11) is -3.59. The number of anilines is 3. The van der Waals surface area contributed by atoms with E-state index in [-0.39, 0.29) is 11.1 Å². The fraction of sp³-hybridized carbons (Fsp3) is 0.400. The highest BCUT2D eigenvalue weighted by molar-refractivity contribution is 7.93. The fourth-order valence-corrected chi connectivity index (χ4v) is 6.32. The lowest BCUT2D eigenvalue weighted by molar-refractivity contribution is 0.491. The van der Waals surface area contributed by atoms with E-state index in [1.54, 1.807) is 18.2 Å². The van der Waals surface area contributed by atoms with Crippen LogP contribution in [-0.2, 0) is 10.0 Å². The lowest BCUT2D eigenvalue weighted by Crippen LogP contribution is -2.33. The maximum atomic E-state index is 13.2. The number of benzene rings is 2. The van der Waals surface area contributed by atoms with Crippen molar-refractivity contribution < 1.29 is 8.42 Å². The average molecular weight is 487 g/mol. The van der Waals surface area contributed by atoms with Crippen molar-refractivity contribution in [2.45, 2.75) is 49.2 Å². The van der Waals surface area contributed by atoms with Crippen molar-refractivity contribution in [1.82, 2.24) is 0 Å². The minimum atomic E-state index is -3.59. The molecule has 0 spiro atoms. The molecule has 33 heavy (non-hydrogen) atoms. The number of allylic oxidation sites excluding steroid dienone is 1. The molecule has 2 aliphatic rings. The van der Waals surface area contributed by atoms with Crippen LogP contribution in [-0.4, -0.2) is 37.8 Å². The van der Waals surface area contributed by atoms with Gasteiger partial charge in [0.25, 0.3) is 0 Å². The minimum Gasteiger partial charge on any atom is -0.398 e. The monoisotopic (exact) mass is 486 g/mol. The van der Waals surface area contributed by atoms with Crippen LogP contribution in [0.4, 0.5) is 17.1 Å². The van der Waals surface area contributed by atoms with Gasteiger partial charge in [-0.05, 0) is 62.3 Å². The Morgan fingerprint density at radius 3 is 2.42 bits per heavy atom. The molecule has 0 aromatic heterocycles. The molecule has 2 fully saturated rings. The molecule has 1 aliphatic carbocycles. The summed E-state index contributed by atoms with van der Waals surface area (Å²) in [6.07, 6.45) is 8.18. The molecular formula is C25H31ClN4O2S. The van der Waals surface area contributed by atoms with Gasteiger partial charge < -0.3 is 16.0 Å². The third kappa shape index (κ3) is 5.71. The quantitative estimate of drug-likeness (QED) is 0.283. The molecule has 176 valence electrons. The van der Waals surface area contributed by atoms with Crippen LogP contribution in [0.25, 0.3) is 6.08 Å². The number of alkyl halides is 1. The molecular weight excluding hydrogens is 456 g/mol. The van der Waals surface area contributed by atoms with Gasteiger partial charge >= 0.3 is 0 Å². The molecule has 0 radical (unpaired) electrons. The van der Waals surface area contributed by atoms with Crippen LogP contribution in [0, 0.1) is 5.41 Å². The molecule has 2 aromatic rings. The van der Waals surface area contributed by atoms with E-state index in [0.29, 0.717) is 42.6 Å². The highest BCUT2D eigenvalue weighted by Crippen LogP contribution is 2.36. The van der Waals surface area contributed by atoms with Gasteiger partial charge in [0.05, 0.1) is 22.3 Å². The Morgan fingerprint density at radius 1 is 1.09 bits per heavy atom. The predicted octanol–water partition coefficient (Wildman–Crippen LogP) is 5.24. The van der Waals surface area contributed by atoms with Gasteiger partial charge in [-0.25, -0.2) is 8.42 Å². The second-order valence-electron chi connectivity index (χ2n) is 8.83. The summed E-state index contributed by atoms with van der Waals surface area (Å²) in [5.41, 5.74) is 9.81. The summed E-state index contributed by atoms with van der Waals surface area (Å²) in [4.78, 5) is 2.16. The Hall–Kier alpha value is -2.51. The van der Waals surface area contributed by atoms with E-state index in [2.05, 4.69) is 9.62 Å². The van der Waals surface area contributed by atoms with Gasteiger partial charge in [0.15, 0.2) is 0 Å². The first-order valence-electron chi connectivity index (χ1n) is 11.5. The molecule has 1 saturated heterocycles. The summed E-state index contributed by atoms with van der Waals surface area (Å²) in [5, 5.41) is 8.16. The second kappa shape index (κ2) is 10.2. The maximum Gasteiger partial charge on any atom is 0.235 e. The Morgan fingerprint density at radius 2 is 1.76 bits per heavy atom. The third-order valence-electron chi connectivity index (χ3n) is 6.44. The molecule has 2 aromatic carbocycles. The van der Waals surface area contributed by atoms with E-state index >= 15 is 0 Å². The van der Waals surface area contributed by atoms with E-state index in [0.717, 1.165) is 37.2 Å². The van der Waals surface area contributed by atoms with E-state index < -0.39 is 15.3 Å². The average Bonchev–Trinajstić information content (AvgIpc) is 3.34. The zero-order valence-electron chi connectivity index (χ0n) is 18.6. The topological polar surface area (TPSA) is 99.3 Å². The number of halogens is 1. The van der Waals surface area contributed by atoms with Gasteiger partial charge in [0.1, 0.15) is 0 Å². The van der Waals surface area contributed by atoms with Crippen LogP contribution in [0.2, 0.25) is 0 Å². The molecule has 4 rings (SSSR count). The smallest absolute Gasteiger partial charge is 0.235 e. The first-order chi connectivity index (χ1) is 15.8. The van der Waals surface area contributed by atoms with Crippen molar-refractivity contribution in [3.63, 3.8) is 0 Å². The maximum absolute atomic E-state index is 13.2. The molecule has 0 unspecified atom stereocenters. The Balaban J connectivity index is 1.65. The van der Waals surface area contributed by atoms with Crippen molar-refractivity contribution in [3.8, 4) is 0 Å². The number of hydrogen-bond donors (Lipinski definition) is 3. The number of nitrogen functional groups attached to an aromatic ring is 1. The van der Waals surface area contributed by atoms with Crippen molar-refractivity contribution in [1.29, 1.82) is 5.41 Å². The second-order valence-corrected chi connectivity index (χ2v) is 11.4. The number of hydrogen-bond acceptors (Lipinski definition) is 5. The number of nitrogens with zero attached hydrogens (tertiary/aromatic N) is 1. The predicted molar refractivity (Wildman–Crippen MR) is 139 cm³/mol. The van der Waals surface area contributed by atoms with Crippen LogP contribution in [0.3, 0.4) is 0 Å². The van der Waals surface area contributed by atoms with E-state index in [9.17, 15) is 8.42 Å². The van der Waals surface area contributed by atoms with Crippen LogP contribution in [0.5, 0.6) is 0 Å². The summed E-state index contributed by atoms with van der Waals surface area (Å²) in [6, 6.07) is 13.2. The van der Waals surface area contributed by atoms with Crippen molar-refractivity contribution in [2.24, 2.45) is 0 Å². The highest BCUT2D eigenvalue weighted by Gasteiger charge is 2.31. The number of rotatable bonds is 7. The van der Waals surface area contributed by atoms with Crippen LogP contribution < -0.4 is 15.4 Å². The van der Waals surface area contributed by atoms with Crippen LogP contribution >= 0.6 is 11.6 Å². The Labute approximate surface area is 201 Å². The largest absolute Gasteiger partial charge is 0.398 e. The molecule has 1 aliphatic heterocycles. The van der Waals surface area contributed by atoms with Gasteiger partial charge in [0.2, 0.25) is 10.0 Å². The van der Waals surface area contributed by atoms with Crippen molar-refractivity contribution in [2.75, 3.05) is 28.4 Å². The number of nitrogens with two attached hydrogens (primary N) is 1. The fourth-order valence-electron chi connectivity index (χ4n) is 4.54. The lowest BCUT2D eigenvalue weighted by Gasteiger charge is -2.28. The summed E-state index contributed by atoms with van der Waals surface area (Å²) < 4.78 is 29.3. The molecule has 8 heteroatoms. The van der Waals surface area contributed by atoms with Crippen molar-refractivity contribution >= 4 is 50.5 Å². The van der Waals surface area contributed by atoms with Gasteiger partial charge in [-0.2, -0.15) is 0 Å². The molecule has 1 saturated carbocycles. The van der Waals surface area contributed by atoms with E-state index in [1.165, 1.54) is 0 Å². The normalized spacial score (nSPS) is 21.4. The standard InChI is InChI=1S/C25H31ClN4O2S/c26-19-9-11-20(12-10-19)33(31,32)29-24-16-21(22(27)13-8-18-6-2-1-3-7-18)23(28)17-25(24)30-14-4-5-15-30/h1-3,6-8,13,16-17,19-20,27,29H,4-5,9-12,14-15,28H2/b13-8+,27-22?. The zero-order chi connectivity index (χ0) is 23.4.